The Hall–Kier alpha value is -9.07. The quantitative estimate of drug-likeness (QED) is 0.122. The number of hydrogen-bond acceptors (Lipinski definition) is 6. The molecule has 395 valence electrons. The van der Waals surface area contributed by atoms with E-state index < -0.39 is 0 Å². The standard InChI is InChI=1S/3C24H16N2.3ClH.Ru/c3*1-3-7-17(8-4-1)19-13-15-25-23-21(19)11-12-22-20(14-16-26-24(22)23)18-9-5-2-6-10-18;;;;/h3*1-16H;3*1H;/q;;;;;;+3/p-3. The summed E-state index contributed by atoms with van der Waals surface area (Å²) in [4.78, 5) is 28.0. The van der Waals surface area contributed by atoms with Gasteiger partial charge in [0.15, 0.2) is 0 Å². The molecule has 1 radical (unpaired) electrons. The van der Waals surface area contributed by atoms with E-state index in [0.29, 0.717) is 0 Å². The fraction of sp³-hybridized carbons (Fsp3) is 0. The second-order valence-electron chi connectivity index (χ2n) is 18.9. The average molecular weight is 1200 g/mol. The van der Waals surface area contributed by atoms with E-state index in [1.54, 1.807) is 0 Å². The molecule has 0 aliphatic rings. The van der Waals surface area contributed by atoms with Gasteiger partial charge in [-0.1, -0.05) is 218 Å². The smallest absolute Gasteiger partial charge is 1.00 e. The summed E-state index contributed by atoms with van der Waals surface area (Å²) in [6.45, 7) is 0. The van der Waals surface area contributed by atoms with Crippen molar-refractivity contribution >= 4 is 65.4 Å². The van der Waals surface area contributed by atoms with E-state index in [0.717, 1.165) is 65.4 Å². The summed E-state index contributed by atoms with van der Waals surface area (Å²) >= 11 is 0. The fourth-order valence-corrected chi connectivity index (χ4v) is 10.7. The average Bonchev–Trinajstić information content (AvgIpc) is 3.65. The summed E-state index contributed by atoms with van der Waals surface area (Å²) in [5.41, 5.74) is 19.9. The van der Waals surface area contributed by atoms with Crippen LogP contribution in [0.4, 0.5) is 0 Å². The van der Waals surface area contributed by atoms with Crippen LogP contribution >= 0.6 is 0 Å². The third kappa shape index (κ3) is 11.5. The zero-order chi connectivity index (χ0) is 52.0. The molecule has 0 aliphatic heterocycles. The number of halogens is 3. The molecule has 82 heavy (non-hydrogen) atoms. The van der Waals surface area contributed by atoms with Gasteiger partial charge < -0.3 is 37.2 Å². The molecule has 0 bridgehead atoms. The van der Waals surface area contributed by atoms with E-state index in [1.807, 2.05) is 73.6 Å². The molecular formula is C72H48Cl3N6Ru. The molecule has 0 unspecified atom stereocenters. The van der Waals surface area contributed by atoms with Gasteiger partial charge >= 0.3 is 19.5 Å². The second-order valence-corrected chi connectivity index (χ2v) is 18.9. The predicted molar refractivity (Wildman–Crippen MR) is 324 cm³/mol. The molecule has 15 rings (SSSR count). The van der Waals surface area contributed by atoms with Crippen LogP contribution in [-0.4, -0.2) is 29.9 Å². The van der Waals surface area contributed by atoms with Crippen LogP contribution in [0.3, 0.4) is 0 Å². The molecule has 9 aromatic carbocycles. The van der Waals surface area contributed by atoms with Crippen LogP contribution in [0.2, 0.25) is 0 Å². The van der Waals surface area contributed by atoms with Crippen molar-refractivity contribution in [3.05, 3.63) is 292 Å². The van der Waals surface area contributed by atoms with Gasteiger partial charge in [-0.05, 0) is 103 Å². The van der Waals surface area contributed by atoms with Gasteiger partial charge in [-0.2, -0.15) is 0 Å². The zero-order valence-electron chi connectivity index (χ0n) is 43.9. The van der Waals surface area contributed by atoms with Crippen molar-refractivity contribution in [2.75, 3.05) is 0 Å². The van der Waals surface area contributed by atoms with Crippen LogP contribution in [0.25, 0.3) is 132 Å². The molecule has 10 heteroatoms. The molecule has 6 nitrogen and oxygen atoms in total. The fourth-order valence-electron chi connectivity index (χ4n) is 10.7. The van der Waals surface area contributed by atoms with E-state index in [-0.39, 0.29) is 56.7 Å². The minimum absolute atomic E-state index is 0. The van der Waals surface area contributed by atoms with Crippen LogP contribution in [0.5, 0.6) is 0 Å². The van der Waals surface area contributed by atoms with Gasteiger partial charge in [0.25, 0.3) is 0 Å². The first-order chi connectivity index (χ1) is 38.7. The molecule has 0 atom stereocenters. The predicted octanol–water partition coefficient (Wildman–Crippen LogP) is 9.36. The maximum Gasteiger partial charge on any atom is 3.00 e. The summed E-state index contributed by atoms with van der Waals surface area (Å²) in [7, 11) is 0. The normalized spacial score (nSPS) is 10.5. The molecule has 0 fully saturated rings. The van der Waals surface area contributed by atoms with Gasteiger partial charge in [0.2, 0.25) is 0 Å². The first-order valence-corrected chi connectivity index (χ1v) is 26.1. The van der Waals surface area contributed by atoms with Crippen LogP contribution < -0.4 is 37.2 Å². The van der Waals surface area contributed by atoms with Gasteiger partial charge in [-0.25, -0.2) is 0 Å². The van der Waals surface area contributed by atoms with Crippen molar-refractivity contribution in [1.29, 1.82) is 0 Å². The van der Waals surface area contributed by atoms with E-state index in [4.69, 9.17) is 0 Å². The Morgan fingerprint density at radius 1 is 0.159 bits per heavy atom. The van der Waals surface area contributed by atoms with Crippen molar-refractivity contribution in [3.63, 3.8) is 0 Å². The Labute approximate surface area is 507 Å². The number of fused-ring (bicyclic) bond motifs is 9. The van der Waals surface area contributed by atoms with Crippen LogP contribution in [0, 0.1) is 0 Å². The Morgan fingerprint density at radius 2 is 0.293 bits per heavy atom. The Balaban J connectivity index is 0.000000145. The summed E-state index contributed by atoms with van der Waals surface area (Å²) < 4.78 is 0. The number of pyridine rings is 6. The van der Waals surface area contributed by atoms with Crippen LogP contribution in [-0.2, 0) is 19.5 Å². The summed E-state index contributed by atoms with van der Waals surface area (Å²) in [5, 5.41) is 6.77. The van der Waals surface area contributed by atoms with Crippen LogP contribution in [0.15, 0.2) is 292 Å². The van der Waals surface area contributed by atoms with E-state index in [2.05, 4.69) is 248 Å². The van der Waals surface area contributed by atoms with Crippen molar-refractivity contribution in [2.24, 2.45) is 0 Å². The number of nitrogens with zero attached hydrogens (tertiary/aromatic N) is 6. The third-order valence-corrected chi connectivity index (χ3v) is 14.4. The molecule has 6 heterocycles. The number of rotatable bonds is 6. The third-order valence-electron chi connectivity index (χ3n) is 14.4. The first-order valence-electron chi connectivity index (χ1n) is 26.1. The Kier molecular flexibility index (Phi) is 18.6. The summed E-state index contributed by atoms with van der Waals surface area (Å²) in [6.07, 6.45) is 11.3. The van der Waals surface area contributed by atoms with Crippen molar-refractivity contribution in [2.45, 2.75) is 0 Å². The van der Waals surface area contributed by atoms with Gasteiger partial charge in [0.1, 0.15) is 0 Å². The summed E-state index contributed by atoms with van der Waals surface area (Å²) in [5.74, 6) is 0. The molecule has 0 spiro atoms. The molecule has 0 aliphatic carbocycles. The Bertz CT molecular complexity index is 3840. The molecule has 0 saturated carbocycles. The maximum absolute atomic E-state index is 4.67. The van der Waals surface area contributed by atoms with Crippen molar-refractivity contribution in [3.8, 4) is 66.8 Å². The number of hydrogen-bond donors (Lipinski definition) is 0. The SMILES string of the molecule is [Cl-].[Cl-].[Cl-].[Ru+3].c1ccc(-c2ccnc3c2ccc2c(-c4ccccc4)ccnc23)cc1.c1ccc(-c2ccnc3c2ccc2c(-c4ccccc4)ccnc23)cc1.c1ccc(-c2ccnc3c2ccc2c(-c4ccccc4)ccnc23)cc1. The molecule has 6 aromatic heterocycles. The Morgan fingerprint density at radius 3 is 0.427 bits per heavy atom. The summed E-state index contributed by atoms with van der Waals surface area (Å²) in [6, 6.07) is 88.0. The van der Waals surface area contributed by atoms with Gasteiger partial charge in [0, 0.05) is 69.5 Å². The van der Waals surface area contributed by atoms with Crippen molar-refractivity contribution in [1.82, 2.24) is 29.9 Å². The van der Waals surface area contributed by atoms with E-state index in [9.17, 15) is 0 Å². The molecule has 0 N–H and O–H groups in total. The number of aromatic nitrogens is 6. The van der Waals surface area contributed by atoms with E-state index >= 15 is 0 Å². The van der Waals surface area contributed by atoms with Gasteiger partial charge in [-0.15, -0.1) is 0 Å². The topological polar surface area (TPSA) is 77.3 Å². The molecular weight excluding hydrogens is 1160 g/mol. The minimum Gasteiger partial charge on any atom is -1.00 e. The molecule has 0 amide bonds. The van der Waals surface area contributed by atoms with Crippen molar-refractivity contribution < 1.29 is 56.7 Å². The van der Waals surface area contributed by atoms with Gasteiger partial charge in [0.05, 0.1) is 33.1 Å². The largest absolute Gasteiger partial charge is 3.00 e. The molecule has 15 aromatic rings. The number of benzene rings is 9. The molecule has 0 saturated heterocycles. The monoisotopic (exact) mass is 1200 g/mol. The van der Waals surface area contributed by atoms with Crippen LogP contribution in [0.1, 0.15) is 0 Å². The second kappa shape index (κ2) is 26.5. The van der Waals surface area contributed by atoms with Gasteiger partial charge in [-0.3, -0.25) is 29.9 Å². The minimum atomic E-state index is 0. The maximum atomic E-state index is 4.67. The van der Waals surface area contributed by atoms with E-state index in [1.165, 1.54) is 66.8 Å². The zero-order valence-corrected chi connectivity index (χ0v) is 47.9. The first kappa shape index (κ1) is 57.6.